The van der Waals surface area contributed by atoms with Gasteiger partial charge in [-0.1, -0.05) is 0 Å². The fraction of sp³-hybridized carbons (Fsp3) is 0.400. The van der Waals surface area contributed by atoms with Gasteiger partial charge in [0.15, 0.2) is 0 Å². The summed E-state index contributed by atoms with van der Waals surface area (Å²) in [4.78, 5) is 12.6. The van der Waals surface area contributed by atoms with Gasteiger partial charge in [-0.05, 0) is 36.5 Å². The first-order valence-corrected chi connectivity index (χ1v) is 7.02. The number of nitrogens with one attached hydrogen (secondary N) is 2. The van der Waals surface area contributed by atoms with E-state index < -0.39 is 11.6 Å². The molecule has 0 fully saturated rings. The Labute approximate surface area is 121 Å². The molecular formula is C15H17F2N3O. The van der Waals surface area contributed by atoms with E-state index in [-0.39, 0.29) is 6.04 Å². The minimum absolute atomic E-state index is 0.188. The predicted octanol–water partition coefficient (Wildman–Crippen LogP) is 1.27. The average Bonchev–Trinajstić information content (AvgIpc) is 2.92. The first-order valence-electron chi connectivity index (χ1n) is 7.02. The van der Waals surface area contributed by atoms with Crippen LogP contribution < -0.4 is 10.6 Å². The zero-order valence-corrected chi connectivity index (χ0v) is 11.5. The third-order valence-corrected chi connectivity index (χ3v) is 4.14. The lowest BCUT2D eigenvalue weighted by atomic mass is 9.87. The molecule has 0 radical (unpaired) electrons. The molecule has 1 amide bonds. The van der Waals surface area contributed by atoms with Crippen LogP contribution in [0.2, 0.25) is 0 Å². The van der Waals surface area contributed by atoms with Crippen molar-refractivity contribution in [3.8, 4) is 0 Å². The lowest BCUT2D eigenvalue weighted by Crippen LogP contribution is -2.41. The van der Waals surface area contributed by atoms with E-state index in [1.807, 2.05) is 6.20 Å². The molecule has 1 aromatic rings. The van der Waals surface area contributed by atoms with Gasteiger partial charge in [0.2, 0.25) is 6.41 Å². The summed E-state index contributed by atoms with van der Waals surface area (Å²) in [6.45, 7) is 1.12. The van der Waals surface area contributed by atoms with Gasteiger partial charge in [0.1, 0.15) is 11.6 Å². The number of rotatable bonds is 4. The number of hydrogen-bond donors (Lipinski definition) is 2. The molecule has 21 heavy (non-hydrogen) atoms. The summed E-state index contributed by atoms with van der Waals surface area (Å²) in [5.41, 5.74) is 2.38. The highest BCUT2D eigenvalue weighted by molar-refractivity contribution is 5.46. The summed E-state index contributed by atoms with van der Waals surface area (Å²) < 4.78 is 27.1. The molecule has 4 nitrogen and oxygen atoms in total. The van der Waals surface area contributed by atoms with E-state index in [2.05, 4.69) is 15.5 Å². The van der Waals surface area contributed by atoms with Crippen molar-refractivity contribution >= 4 is 6.41 Å². The van der Waals surface area contributed by atoms with Crippen LogP contribution in [0.5, 0.6) is 0 Å². The molecule has 0 saturated carbocycles. The van der Waals surface area contributed by atoms with Gasteiger partial charge >= 0.3 is 0 Å². The number of hydrogen-bond acceptors (Lipinski definition) is 3. The Morgan fingerprint density at radius 1 is 1.43 bits per heavy atom. The maximum atomic E-state index is 13.8. The van der Waals surface area contributed by atoms with Crippen LogP contribution in [0.3, 0.4) is 0 Å². The molecule has 2 N–H and O–H groups in total. The van der Waals surface area contributed by atoms with Crippen molar-refractivity contribution in [1.82, 2.24) is 15.5 Å². The fourth-order valence-electron chi connectivity index (χ4n) is 3.16. The third-order valence-electron chi connectivity index (χ3n) is 4.14. The van der Waals surface area contributed by atoms with Crippen LogP contribution in [-0.2, 0) is 17.6 Å². The van der Waals surface area contributed by atoms with Gasteiger partial charge in [-0.15, -0.1) is 0 Å². The Morgan fingerprint density at radius 3 is 3.10 bits per heavy atom. The quantitative estimate of drug-likeness (QED) is 0.822. The minimum atomic E-state index is -0.523. The summed E-state index contributed by atoms with van der Waals surface area (Å²) in [6.07, 6.45) is 4.58. The van der Waals surface area contributed by atoms with Crippen molar-refractivity contribution in [1.29, 1.82) is 0 Å². The second-order valence-corrected chi connectivity index (χ2v) is 5.39. The number of amides is 1. The van der Waals surface area contributed by atoms with E-state index in [1.165, 1.54) is 6.07 Å². The van der Waals surface area contributed by atoms with Gasteiger partial charge in [0.25, 0.3) is 0 Å². The van der Waals surface area contributed by atoms with Crippen LogP contribution in [0.15, 0.2) is 24.0 Å². The van der Waals surface area contributed by atoms with E-state index in [1.54, 1.807) is 0 Å². The maximum absolute atomic E-state index is 13.8. The smallest absolute Gasteiger partial charge is 0.207 e. The number of carbonyl (C=O) groups excluding carboxylic acids is 1. The summed E-state index contributed by atoms with van der Waals surface area (Å²) in [6, 6.07) is 2.57. The number of benzene rings is 1. The third kappa shape index (κ3) is 2.70. The van der Waals surface area contributed by atoms with Crippen LogP contribution in [0.4, 0.5) is 8.78 Å². The highest BCUT2D eigenvalue weighted by Gasteiger charge is 2.29. The van der Waals surface area contributed by atoms with Crippen molar-refractivity contribution in [2.75, 3.05) is 13.2 Å². The molecule has 6 heteroatoms. The maximum Gasteiger partial charge on any atom is 0.207 e. The molecule has 0 bridgehead atoms. The first kappa shape index (κ1) is 13.9. The van der Waals surface area contributed by atoms with Crippen LogP contribution in [0.1, 0.15) is 17.5 Å². The van der Waals surface area contributed by atoms with Gasteiger partial charge < -0.3 is 15.5 Å². The lowest BCUT2D eigenvalue weighted by Gasteiger charge is -2.35. The predicted molar refractivity (Wildman–Crippen MR) is 74.2 cm³/mol. The number of nitrogens with zero attached hydrogens (tertiary/aromatic N) is 1. The minimum Gasteiger partial charge on any atom is -0.372 e. The van der Waals surface area contributed by atoms with E-state index in [0.717, 1.165) is 23.7 Å². The van der Waals surface area contributed by atoms with Crippen molar-refractivity contribution in [3.05, 3.63) is 46.8 Å². The number of fused-ring (bicyclic) bond motifs is 1. The summed E-state index contributed by atoms with van der Waals surface area (Å²) >= 11 is 0. The largest absolute Gasteiger partial charge is 0.372 e. The molecule has 1 unspecified atom stereocenters. The average molecular weight is 293 g/mol. The van der Waals surface area contributed by atoms with Crippen molar-refractivity contribution < 1.29 is 13.6 Å². The summed E-state index contributed by atoms with van der Waals surface area (Å²) in [5.74, 6) is -0.966. The molecule has 0 saturated heterocycles. The monoisotopic (exact) mass is 293 g/mol. The highest BCUT2D eigenvalue weighted by Crippen LogP contribution is 2.29. The molecule has 112 valence electrons. The first-order chi connectivity index (χ1) is 10.2. The van der Waals surface area contributed by atoms with Crippen molar-refractivity contribution in [2.24, 2.45) is 0 Å². The van der Waals surface area contributed by atoms with Gasteiger partial charge in [-0.2, -0.15) is 0 Å². The molecule has 2 aliphatic rings. The molecule has 1 aliphatic carbocycles. The molecule has 3 rings (SSSR count). The van der Waals surface area contributed by atoms with Gasteiger partial charge in [0.05, 0.1) is 18.9 Å². The Balaban J connectivity index is 1.77. The fourth-order valence-corrected chi connectivity index (χ4v) is 3.16. The normalized spacial score (nSPS) is 20.6. The Kier molecular flexibility index (Phi) is 3.77. The topological polar surface area (TPSA) is 44.4 Å². The van der Waals surface area contributed by atoms with Crippen molar-refractivity contribution in [3.63, 3.8) is 0 Å². The Bertz CT molecular complexity index is 589. The van der Waals surface area contributed by atoms with Gasteiger partial charge in [-0.25, -0.2) is 8.78 Å². The lowest BCUT2D eigenvalue weighted by molar-refractivity contribution is -0.109. The molecule has 0 aromatic heterocycles. The standard InChI is InChI=1S/C15H17F2N3O/c16-11-3-10-4-12(1-2-14(10)15(17)5-11)20-8-18-6-13(20)7-19-9-21/h3,5-6,9,12,18H,1-2,4,7-8H2,(H,19,21). The molecule has 0 spiro atoms. The number of carbonyl (C=O) groups is 1. The molecule has 1 aliphatic heterocycles. The summed E-state index contributed by atoms with van der Waals surface area (Å²) in [5, 5.41) is 5.78. The Morgan fingerprint density at radius 2 is 2.29 bits per heavy atom. The van der Waals surface area contributed by atoms with Gasteiger partial charge in [0, 0.05) is 18.3 Å². The van der Waals surface area contributed by atoms with Crippen LogP contribution in [0.25, 0.3) is 0 Å². The van der Waals surface area contributed by atoms with Crippen LogP contribution in [0, 0.1) is 11.6 Å². The van der Waals surface area contributed by atoms with E-state index in [4.69, 9.17) is 0 Å². The second-order valence-electron chi connectivity index (χ2n) is 5.39. The molecule has 1 atom stereocenters. The van der Waals surface area contributed by atoms with E-state index >= 15 is 0 Å². The SMILES string of the molecule is O=CNCC1=CNCN1C1CCc2c(F)cc(F)cc2C1. The van der Waals surface area contributed by atoms with Crippen LogP contribution >= 0.6 is 0 Å². The highest BCUT2D eigenvalue weighted by atomic mass is 19.1. The molecule has 1 heterocycles. The van der Waals surface area contributed by atoms with Crippen molar-refractivity contribution in [2.45, 2.75) is 25.3 Å². The number of halogens is 2. The van der Waals surface area contributed by atoms with Gasteiger partial charge in [-0.3, -0.25) is 4.79 Å². The zero-order chi connectivity index (χ0) is 14.8. The zero-order valence-electron chi connectivity index (χ0n) is 11.5. The Hall–Kier alpha value is -2.11. The van der Waals surface area contributed by atoms with E-state index in [0.29, 0.717) is 38.0 Å². The van der Waals surface area contributed by atoms with E-state index in [9.17, 15) is 13.6 Å². The van der Waals surface area contributed by atoms with Crippen LogP contribution in [-0.4, -0.2) is 30.6 Å². The second kappa shape index (κ2) is 5.71. The molecule has 1 aromatic carbocycles. The summed E-state index contributed by atoms with van der Waals surface area (Å²) in [7, 11) is 0. The molecular weight excluding hydrogens is 276 g/mol.